The van der Waals surface area contributed by atoms with E-state index in [9.17, 15) is 0 Å². The molecule has 0 spiro atoms. The molecule has 0 amide bonds. The number of alkyl halides is 1. The van der Waals surface area contributed by atoms with Crippen LogP contribution in [0.25, 0.3) is 0 Å². The van der Waals surface area contributed by atoms with Gasteiger partial charge in [-0.2, -0.15) is 0 Å². The number of rotatable bonds is 6. The molecule has 3 heteroatoms. The average Bonchev–Trinajstić information content (AvgIpc) is 2.26. The second-order valence-electron chi connectivity index (χ2n) is 3.60. The fourth-order valence-corrected chi connectivity index (χ4v) is 1.89. The fourth-order valence-electron chi connectivity index (χ4n) is 1.30. The van der Waals surface area contributed by atoms with Gasteiger partial charge in [-0.05, 0) is 59.7 Å². The smallest absolute Gasteiger partial charge is 0.0205 e. The van der Waals surface area contributed by atoms with Crippen LogP contribution in [0, 0.1) is 3.57 Å². The van der Waals surface area contributed by atoms with Gasteiger partial charge in [0, 0.05) is 14.9 Å². The topological polar surface area (TPSA) is 12.0 Å². The fraction of sp³-hybridized carbons (Fsp3) is 0.500. The molecule has 0 aliphatic rings. The summed E-state index contributed by atoms with van der Waals surface area (Å²) in [6, 6.07) is 8.66. The van der Waals surface area contributed by atoms with Crippen LogP contribution in [0.15, 0.2) is 24.3 Å². The van der Waals surface area contributed by atoms with Crippen LogP contribution < -0.4 is 5.32 Å². The van der Waals surface area contributed by atoms with E-state index >= 15 is 0 Å². The number of halogens is 2. The van der Waals surface area contributed by atoms with Crippen molar-refractivity contribution >= 4 is 38.5 Å². The molecular weight excluding hydrogens is 365 g/mol. The van der Waals surface area contributed by atoms with Gasteiger partial charge in [0.1, 0.15) is 0 Å². The van der Waals surface area contributed by atoms with E-state index in [0.717, 1.165) is 13.1 Å². The maximum Gasteiger partial charge on any atom is 0.0205 e. The highest BCUT2D eigenvalue weighted by atomic mass is 127. The van der Waals surface area contributed by atoms with Crippen molar-refractivity contribution in [3.05, 3.63) is 33.4 Å². The minimum atomic E-state index is 0.654. The first kappa shape index (κ1) is 13.5. The van der Waals surface area contributed by atoms with Crippen molar-refractivity contribution < 1.29 is 0 Å². The van der Waals surface area contributed by atoms with Gasteiger partial charge < -0.3 is 5.32 Å². The predicted octanol–water partition coefficient (Wildman–Crippen LogP) is 3.94. The second kappa shape index (κ2) is 7.63. The Hall–Kier alpha value is 0.390. The van der Waals surface area contributed by atoms with E-state index in [2.05, 4.69) is 75.0 Å². The lowest BCUT2D eigenvalue weighted by molar-refractivity contribution is 0.630. The normalized spacial score (nSPS) is 12.7. The van der Waals surface area contributed by atoms with E-state index in [1.807, 2.05) is 0 Å². The Morgan fingerprint density at radius 1 is 1.33 bits per heavy atom. The summed E-state index contributed by atoms with van der Waals surface area (Å²) in [5.41, 5.74) is 1.36. The summed E-state index contributed by atoms with van der Waals surface area (Å²) in [6.45, 7) is 4.26. The maximum atomic E-state index is 3.63. The minimum absolute atomic E-state index is 0.654. The molecule has 1 aromatic carbocycles. The molecule has 0 radical (unpaired) electrons. The highest BCUT2D eigenvalue weighted by Gasteiger charge is 1.99. The third-order valence-corrected chi connectivity index (χ3v) is 4.14. The standard InChI is InChI=1S/C12H17BrIN/c1-2-11(13)7-8-15-9-10-3-5-12(14)6-4-10/h3-6,11,15H,2,7-9H2,1H3. The Labute approximate surface area is 114 Å². The van der Waals surface area contributed by atoms with Gasteiger partial charge >= 0.3 is 0 Å². The highest BCUT2D eigenvalue weighted by Crippen LogP contribution is 2.09. The Bertz CT molecular complexity index is 273. The van der Waals surface area contributed by atoms with Crippen molar-refractivity contribution in [1.82, 2.24) is 5.32 Å². The Balaban J connectivity index is 2.17. The predicted molar refractivity (Wildman–Crippen MR) is 78.5 cm³/mol. The van der Waals surface area contributed by atoms with Gasteiger partial charge in [0.15, 0.2) is 0 Å². The Morgan fingerprint density at radius 3 is 2.60 bits per heavy atom. The zero-order chi connectivity index (χ0) is 11.1. The largest absolute Gasteiger partial charge is 0.313 e. The molecule has 0 aliphatic heterocycles. The molecule has 15 heavy (non-hydrogen) atoms. The van der Waals surface area contributed by atoms with E-state index in [4.69, 9.17) is 0 Å². The summed E-state index contributed by atoms with van der Waals surface area (Å²) >= 11 is 5.96. The summed E-state index contributed by atoms with van der Waals surface area (Å²) in [5.74, 6) is 0. The van der Waals surface area contributed by atoms with Crippen molar-refractivity contribution in [2.24, 2.45) is 0 Å². The van der Waals surface area contributed by atoms with Gasteiger partial charge in [-0.3, -0.25) is 0 Å². The molecule has 1 atom stereocenters. The number of benzene rings is 1. The molecule has 1 N–H and O–H groups in total. The van der Waals surface area contributed by atoms with Crippen LogP contribution in [0.3, 0.4) is 0 Å². The van der Waals surface area contributed by atoms with Crippen molar-refractivity contribution in [2.75, 3.05) is 6.54 Å². The summed E-state index contributed by atoms with van der Waals surface area (Å²) < 4.78 is 1.29. The molecule has 84 valence electrons. The Morgan fingerprint density at radius 2 is 2.00 bits per heavy atom. The van der Waals surface area contributed by atoms with Crippen molar-refractivity contribution in [2.45, 2.75) is 31.1 Å². The third kappa shape index (κ3) is 5.88. The first-order chi connectivity index (χ1) is 7.22. The van der Waals surface area contributed by atoms with Crippen LogP contribution in [0.1, 0.15) is 25.3 Å². The summed E-state index contributed by atoms with van der Waals surface area (Å²) in [7, 11) is 0. The lowest BCUT2D eigenvalue weighted by Gasteiger charge is -2.08. The molecule has 1 nitrogen and oxygen atoms in total. The van der Waals surface area contributed by atoms with Gasteiger partial charge in [0.25, 0.3) is 0 Å². The lowest BCUT2D eigenvalue weighted by Crippen LogP contribution is -2.17. The summed E-state index contributed by atoms with van der Waals surface area (Å²) in [4.78, 5) is 0.654. The van der Waals surface area contributed by atoms with Crippen LogP contribution in [-0.2, 0) is 6.54 Å². The van der Waals surface area contributed by atoms with Crippen LogP contribution in [0.4, 0.5) is 0 Å². The monoisotopic (exact) mass is 381 g/mol. The molecular formula is C12H17BrIN. The maximum absolute atomic E-state index is 3.63. The average molecular weight is 382 g/mol. The van der Waals surface area contributed by atoms with Gasteiger partial charge in [-0.1, -0.05) is 35.0 Å². The quantitative estimate of drug-likeness (QED) is 0.447. The summed E-state index contributed by atoms with van der Waals surface area (Å²) in [6.07, 6.45) is 2.39. The molecule has 1 unspecified atom stereocenters. The van der Waals surface area contributed by atoms with Crippen molar-refractivity contribution in [1.29, 1.82) is 0 Å². The number of nitrogens with one attached hydrogen (secondary N) is 1. The van der Waals surface area contributed by atoms with Gasteiger partial charge in [0.05, 0.1) is 0 Å². The number of hydrogen-bond donors (Lipinski definition) is 1. The zero-order valence-electron chi connectivity index (χ0n) is 8.97. The minimum Gasteiger partial charge on any atom is -0.313 e. The van der Waals surface area contributed by atoms with Crippen LogP contribution in [0.2, 0.25) is 0 Å². The first-order valence-corrected chi connectivity index (χ1v) is 7.31. The van der Waals surface area contributed by atoms with Crippen molar-refractivity contribution in [3.8, 4) is 0 Å². The van der Waals surface area contributed by atoms with E-state index < -0.39 is 0 Å². The van der Waals surface area contributed by atoms with Gasteiger partial charge in [-0.25, -0.2) is 0 Å². The molecule has 0 saturated carbocycles. The molecule has 1 aromatic rings. The first-order valence-electron chi connectivity index (χ1n) is 5.31. The second-order valence-corrected chi connectivity index (χ2v) is 6.14. The van der Waals surface area contributed by atoms with Gasteiger partial charge in [0.2, 0.25) is 0 Å². The zero-order valence-corrected chi connectivity index (χ0v) is 12.7. The van der Waals surface area contributed by atoms with Crippen LogP contribution in [-0.4, -0.2) is 11.4 Å². The number of hydrogen-bond acceptors (Lipinski definition) is 1. The van der Waals surface area contributed by atoms with Crippen LogP contribution in [0.5, 0.6) is 0 Å². The highest BCUT2D eigenvalue weighted by molar-refractivity contribution is 14.1. The van der Waals surface area contributed by atoms with E-state index in [-0.39, 0.29) is 0 Å². The lowest BCUT2D eigenvalue weighted by atomic mass is 10.2. The molecule has 0 aromatic heterocycles. The molecule has 0 bridgehead atoms. The SMILES string of the molecule is CCC(Br)CCNCc1ccc(I)cc1. The van der Waals surface area contributed by atoms with E-state index in [0.29, 0.717) is 4.83 Å². The van der Waals surface area contributed by atoms with Crippen molar-refractivity contribution in [3.63, 3.8) is 0 Å². The molecule has 0 saturated heterocycles. The Kier molecular flexibility index (Phi) is 6.84. The van der Waals surface area contributed by atoms with Gasteiger partial charge in [-0.15, -0.1) is 0 Å². The molecule has 0 aliphatic carbocycles. The van der Waals surface area contributed by atoms with E-state index in [1.165, 1.54) is 22.0 Å². The molecule has 1 rings (SSSR count). The molecule has 0 fully saturated rings. The summed E-state index contributed by atoms with van der Waals surface area (Å²) in [5, 5.41) is 3.45. The van der Waals surface area contributed by atoms with Crippen LogP contribution >= 0.6 is 38.5 Å². The third-order valence-electron chi connectivity index (χ3n) is 2.32. The van der Waals surface area contributed by atoms with E-state index in [1.54, 1.807) is 0 Å². The molecule has 0 heterocycles.